The molecule has 2 heterocycles. The molecule has 128 valence electrons. The van der Waals surface area contributed by atoms with Crippen LogP contribution >= 0.6 is 0 Å². The molecular weight excluding hydrogens is 326 g/mol. The van der Waals surface area contributed by atoms with E-state index in [9.17, 15) is 14.4 Å². The standard InChI is InChI=1S/C16H15N5O4/c17-14(24)12-13-15(19-10(18-12)7-4-8-11(22)23)21(16(25)20-13)9-5-2-1-3-6-9/h1-3,5-6H,4,7-8H2,(H2,17,24)(H,20,25)(H,22,23). The van der Waals surface area contributed by atoms with Crippen LogP contribution in [-0.4, -0.2) is 36.5 Å². The number of hydrogen-bond donors (Lipinski definition) is 3. The maximum Gasteiger partial charge on any atom is 0.332 e. The number of para-hydroxylation sites is 1. The minimum atomic E-state index is -0.931. The van der Waals surface area contributed by atoms with Gasteiger partial charge in [0, 0.05) is 12.8 Å². The van der Waals surface area contributed by atoms with E-state index in [1.54, 1.807) is 24.3 Å². The molecule has 0 bridgehead atoms. The number of aromatic nitrogens is 4. The average Bonchev–Trinajstić information content (AvgIpc) is 2.90. The summed E-state index contributed by atoms with van der Waals surface area (Å²) >= 11 is 0. The molecule has 3 aromatic rings. The number of nitrogens with two attached hydrogens (primary N) is 1. The molecule has 1 amide bonds. The van der Waals surface area contributed by atoms with Gasteiger partial charge in [0.15, 0.2) is 11.3 Å². The Balaban J connectivity index is 2.16. The highest BCUT2D eigenvalue weighted by molar-refractivity contribution is 6.01. The number of benzene rings is 1. The highest BCUT2D eigenvalue weighted by atomic mass is 16.4. The lowest BCUT2D eigenvalue weighted by Gasteiger charge is -2.06. The molecule has 0 saturated carbocycles. The quantitative estimate of drug-likeness (QED) is 0.599. The van der Waals surface area contributed by atoms with E-state index in [-0.39, 0.29) is 35.5 Å². The van der Waals surface area contributed by atoms with Crippen molar-refractivity contribution >= 4 is 23.0 Å². The van der Waals surface area contributed by atoms with E-state index >= 15 is 0 Å². The Hall–Kier alpha value is -3.49. The summed E-state index contributed by atoms with van der Waals surface area (Å²) in [6.07, 6.45) is 0.502. The molecule has 25 heavy (non-hydrogen) atoms. The fraction of sp³-hybridized carbons (Fsp3) is 0.188. The largest absolute Gasteiger partial charge is 0.481 e. The predicted octanol–water partition coefficient (Wildman–Crippen LogP) is 0.615. The van der Waals surface area contributed by atoms with Crippen molar-refractivity contribution in [3.8, 4) is 5.69 Å². The number of aryl methyl sites for hydroxylation is 1. The third kappa shape index (κ3) is 3.25. The first-order valence-electron chi connectivity index (χ1n) is 7.56. The van der Waals surface area contributed by atoms with Crippen LogP contribution in [0.2, 0.25) is 0 Å². The van der Waals surface area contributed by atoms with Gasteiger partial charge in [0.05, 0.1) is 5.69 Å². The van der Waals surface area contributed by atoms with Gasteiger partial charge in [-0.05, 0) is 18.6 Å². The van der Waals surface area contributed by atoms with Crippen LogP contribution in [0.5, 0.6) is 0 Å². The lowest BCUT2D eigenvalue weighted by Crippen LogP contribution is -2.16. The number of carboxylic acid groups (broad SMARTS) is 1. The number of hydrogen-bond acceptors (Lipinski definition) is 5. The summed E-state index contributed by atoms with van der Waals surface area (Å²) in [5.74, 6) is -1.47. The van der Waals surface area contributed by atoms with Crippen molar-refractivity contribution in [3.63, 3.8) is 0 Å². The Morgan fingerprint density at radius 2 is 1.92 bits per heavy atom. The second-order valence-corrected chi connectivity index (χ2v) is 5.40. The van der Waals surface area contributed by atoms with Gasteiger partial charge in [-0.15, -0.1) is 0 Å². The van der Waals surface area contributed by atoms with Crippen molar-refractivity contribution in [3.05, 3.63) is 52.3 Å². The first-order valence-corrected chi connectivity index (χ1v) is 7.56. The minimum absolute atomic E-state index is 0.0497. The number of H-pyrrole nitrogens is 1. The summed E-state index contributed by atoms with van der Waals surface area (Å²) in [4.78, 5) is 45.7. The molecule has 0 atom stereocenters. The topological polar surface area (TPSA) is 144 Å². The molecule has 0 aliphatic rings. The molecular formula is C16H15N5O4. The Kier molecular flexibility index (Phi) is 4.29. The number of nitrogens with one attached hydrogen (secondary N) is 1. The Bertz CT molecular complexity index is 1010. The SMILES string of the molecule is NC(=O)c1nc(CCCC(=O)O)nc2c1[nH]c(=O)n2-c1ccccc1. The molecule has 0 unspecified atom stereocenters. The van der Waals surface area contributed by atoms with Gasteiger partial charge in [-0.25, -0.2) is 19.3 Å². The molecule has 0 aliphatic carbocycles. The summed E-state index contributed by atoms with van der Waals surface area (Å²) in [5, 5.41) is 8.74. The number of carboxylic acids is 1. The van der Waals surface area contributed by atoms with Crippen LogP contribution in [0.3, 0.4) is 0 Å². The molecule has 0 aliphatic heterocycles. The van der Waals surface area contributed by atoms with Gasteiger partial charge >= 0.3 is 11.7 Å². The second-order valence-electron chi connectivity index (χ2n) is 5.40. The van der Waals surface area contributed by atoms with Crippen molar-refractivity contribution < 1.29 is 14.7 Å². The number of carbonyl (C=O) groups excluding carboxylic acids is 1. The van der Waals surface area contributed by atoms with Gasteiger partial charge in [0.2, 0.25) is 0 Å². The molecule has 3 rings (SSSR count). The third-order valence-electron chi connectivity index (χ3n) is 3.62. The number of nitrogens with zero attached hydrogens (tertiary/aromatic N) is 3. The van der Waals surface area contributed by atoms with E-state index in [1.165, 1.54) is 4.57 Å². The van der Waals surface area contributed by atoms with Gasteiger partial charge in [-0.2, -0.15) is 0 Å². The molecule has 4 N–H and O–H groups in total. The molecule has 0 fully saturated rings. The van der Waals surface area contributed by atoms with E-state index in [2.05, 4.69) is 15.0 Å². The molecule has 9 nitrogen and oxygen atoms in total. The van der Waals surface area contributed by atoms with Gasteiger partial charge in [0.1, 0.15) is 11.3 Å². The summed E-state index contributed by atoms with van der Waals surface area (Å²) in [6.45, 7) is 0. The zero-order valence-electron chi connectivity index (χ0n) is 13.1. The number of primary amides is 1. The number of carbonyl (C=O) groups is 2. The summed E-state index contributed by atoms with van der Waals surface area (Å²) < 4.78 is 1.32. The number of imidazole rings is 1. The third-order valence-corrected chi connectivity index (χ3v) is 3.62. The predicted molar refractivity (Wildman–Crippen MR) is 88.6 cm³/mol. The van der Waals surface area contributed by atoms with Crippen molar-refractivity contribution in [2.45, 2.75) is 19.3 Å². The first-order chi connectivity index (χ1) is 12.0. The molecule has 0 saturated heterocycles. The van der Waals surface area contributed by atoms with E-state index in [0.717, 1.165) is 0 Å². The highest BCUT2D eigenvalue weighted by Crippen LogP contribution is 2.17. The van der Waals surface area contributed by atoms with Crippen LogP contribution in [0.15, 0.2) is 35.1 Å². The number of amides is 1. The number of aliphatic carboxylic acids is 1. The van der Waals surface area contributed by atoms with Crippen molar-refractivity contribution in [1.29, 1.82) is 0 Å². The van der Waals surface area contributed by atoms with Crippen molar-refractivity contribution in [2.75, 3.05) is 0 Å². The van der Waals surface area contributed by atoms with E-state index in [0.29, 0.717) is 12.1 Å². The maximum atomic E-state index is 12.3. The van der Waals surface area contributed by atoms with E-state index in [1.807, 2.05) is 6.07 Å². The lowest BCUT2D eigenvalue weighted by atomic mass is 10.2. The minimum Gasteiger partial charge on any atom is -0.481 e. The van der Waals surface area contributed by atoms with Crippen LogP contribution in [0.4, 0.5) is 0 Å². The number of fused-ring (bicyclic) bond motifs is 1. The van der Waals surface area contributed by atoms with E-state index < -0.39 is 17.6 Å². The van der Waals surface area contributed by atoms with Gasteiger partial charge in [-0.1, -0.05) is 18.2 Å². The molecule has 1 aromatic carbocycles. The van der Waals surface area contributed by atoms with Gasteiger partial charge in [-0.3, -0.25) is 9.59 Å². The zero-order valence-corrected chi connectivity index (χ0v) is 13.1. The molecule has 0 radical (unpaired) electrons. The van der Waals surface area contributed by atoms with Crippen molar-refractivity contribution in [1.82, 2.24) is 19.5 Å². The van der Waals surface area contributed by atoms with Gasteiger partial charge in [0.25, 0.3) is 5.91 Å². The normalized spacial score (nSPS) is 10.9. The van der Waals surface area contributed by atoms with E-state index in [4.69, 9.17) is 10.8 Å². The number of aromatic amines is 1. The maximum absolute atomic E-state index is 12.3. The van der Waals surface area contributed by atoms with Crippen molar-refractivity contribution in [2.24, 2.45) is 5.73 Å². The Morgan fingerprint density at radius 1 is 1.20 bits per heavy atom. The first kappa shape index (κ1) is 16.4. The van der Waals surface area contributed by atoms with Crippen LogP contribution in [0, 0.1) is 0 Å². The van der Waals surface area contributed by atoms with Crippen LogP contribution in [0.25, 0.3) is 16.9 Å². The molecule has 9 heteroatoms. The Morgan fingerprint density at radius 3 is 2.56 bits per heavy atom. The number of rotatable bonds is 6. The fourth-order valence-corrected chi connectivity index (χ4v) is 2.53. The Labute approximate surface area is 141 Å². The summed E-state index contributed by atoms with van der Waals surface area (Å²) in [5.41, 5.74) is 5.76. The van der Waals surface area contributed by atoms with Crippen LogP contribution < -0.4 is 11.4 Å². The van der Waals surface area contributed by atoms with Gasteiger partial charge < -0.3 is 15.8 Å². The molecule has 0 spiro atoms. The average molecular weight is 341 g/mol. The monoisotopic (exact) mass is 341 g/mol. The van der Waals surface area contributed by atoms with Crippen LogP contribution in [-0.2, 0) is 11.2 Å². The summed E-state index contributed by atoms with van der Waals surface area (Å²) in [6, 6.07) is 8.80. The smallest absolute Gasteiger partial charge is 0.332 e. The van der Waals surface area contributed by atoms with Crippen LogP contribution in [0.1, 0.15) is 29.2 Å². The zero-order chi connectivity index (χ0) is 18.0. The molecule has 2 aromatic heterocycles. The lowest BCUT2D eigenvalue weighted by molar-refractivity contribution is -0.137. The second kappa shape index (κ2) is 6.56. The summed E-state index contributed by atoms with van der Waals surface area (Å²) in [7, 11) is 0. The highest BCUT2D eigenvalue weighted by Gasteiger charge is 2.19. The fourth-order valence-electron chi connectivity index (χ4n) is 2.53.